The fourth-order valence-electron chi connectivity index (χ4n) is 3.13. The lowest BCUT2D eigenvalue weighted by molar-refractivity contribution is -0.117. The lowest BCUT2D eigenvalue weighted by atomic mass is 10.0. The van der Waals surface area contributed by atoms with Crippen LogP contribution in [0.1, 0.15) is 18.1 Å². The Labute approximate surface area is 176 Å². The van der Waals surface area contributed by atoms with Crippen LogP contribution >= 0.6 is 0 Å². The number of rotatable bonds is 9. The average Bonchev–Trinajstić information content (AvgIpc) is 3.02. The van der Waals surface area contributed by atoms with E-state index in [0.717, 1.165) is 5.56 Å². The summed E-state index contributed by atoms with van der Waals surface area (Å²) in [4.78, 5) is 25.3. The molecule has 1 saturated heterocycles. The highest BCUT2D eigenvalue weighted by Crippen LogP contribution is 2.35. The summed E-state index contributed by atoms with van der Waals surface area (Å²) in [5.74, 6) is 0.267. The zero-order chi connectivity index (χ0) is 21.5. The monoisotopic (exact) mass is 404 g/mol. The van der Waals surface area contributed by atoms with Crippen molar-refractivity contribution in [3.8, 4) is 11.5 Å². The Bertz CT molecular complexity index is 996. The van der Waals surface area contributed by atoms with E-state index < -0.39 is 11.8 Å². The van der Waals surface area contributed by atoms with Gasteiger partial charge in [0, 0.05) is 5.56 Å². The molecule has 154 valence electrons. The summed E-state index contributed by atoms with van der Waals surface area (Å²) in [5.41, 5.74) is 4.75. The van der Waals surface area contributed by atoms with Crippen LogP contribution in [-0.4, -0.2) is 25.0 Å². The van der Waals surface area contributed by atoms with Crippen molar-refractivity contribution in [1.29, 1.82) is 0 Å². The van der Waals surface area contributed by atoms with Crippen molar-refractivity contribution in [2.24, 2.45) is 0 Å². The second-order valence-electron chi connectivity index (χ2n) is 6.51. The van der Waals surface area contributed by atoms with Gasteiger partial charge in [0.2, 0.25) is 0 Å². The van der Waals surface area contributed by atoms with Crippen molar-refractivity contribution in [1.82, 2.24) is 5.43 Å². The number of anilines is 1. The first-order valence-corrected chi connectivity index (χ1v) is 9.65. The van der Waals surface area contributed by atoms with E-state index in [9.17, 15) is 9.59 Å². The molecular formula is C24H24N2O4. The lowest BCUT2D eigenvalue weighted by Crippen LogP contribution is -2.35. The first kappa shape index (κ1) is 20.9. The van der Waals surface area contributed by atoms with Gasteiger partial charge in [0.05, 0.1) is 12.3 Å². The van der Waals surface area contributed by atoms with Crippen molar-refractivity contribution >= 4 is 23.6 Å². The van der Waals surface area contributed by atoms with Gasteiger partial charge in [0.25, 0.3) is 11.8 Å². The molecule has 1 N–H and O–H groups in total. The summed E-state index contributed by atoms with van der Waals surface area (Å²) in [6.07, 6.45) is 5.52. The number of carbonyl (C=O) groups is 2. The standard InChI is InChI=1S/C24H24N2O4/c1-4-10-18-14-17(16-21(29-6-3)22(18)30-13-5-2)15-20-23(27)25-26(24(20)28)19-11-8-7-9-12-19/h4-5,7-9,11-12,14-16H,1-2,6,10,13H2,3H3,(H,25,27)/b20-15-. The van der Waals surface area contributed by atoms with Crippen molar-refractivity contribution in [2.45, 2.75) is 13.3 Å². The van der Waals surface area contributed by atoms with Crippen LogP contribution in [0.3, 0.4) is 0 Å². The molecule has 1 aliphatic heterocycles. The summed E-state index contributed by atoms with van der Waals surface area (Å²) < 4.78 is 11.6. The maximum absolute atomic E-state index is 12.8. The van der Waals surface area contributed by atoms with Crippen molar-refractivity contribution in [3.05, 3.63) is 84.5 Å². The van der Waals surface area contributed by atoms with Crippen LogP contribution in [0.4, 0.5) is 5.69 Å². The van der Waals surface area contributed by atoms with E-state index in [4.69, 9.17) is 9.47 Å². The fraction of sp³-hybridized carbons (Fsp3) is 0.167. The molecule has 0 spiro atoms. The molecule has 0 aromatic heterocycles. The minimum absolute atomic E-state index is 0.0469. The Morgan fingerprint density at radius 2 is 1.83 bits per heavy atom. The van der Waals surface area contributed by atoms with Crippen LogP contribution < -0.4 is 19.9 Å². The van der Waals surface area contributed by atoms with Crippen LogP contribution in [0.15, 0.2) is 73.3 Å². The number of ether oxygens (including phenoxy) is 2. The molecule has 0 atom stereocenters. The van der Waals surface area contributed by atoms with Crippen LogP contribution in [0.2, 0.25) is 0 Å². The lowest BCUT2D eigenvalue weighted by Gasteiger charge is -2.16. The predicted octanol–water partition coefficient (Wildman–Crippen LogP) is 3.84. The zero-order valence-corrected chi connectivity index (χ0v) is 16.9. The van der Waals surface area contributed by atoms with Crippen LogP contribution in [0.5, 0.6) is 11.5 Å². The summed E-state index contributed by atoms with van der Waals surface area (Å²) in [6.45, 7) is 10.1. The molecule has 0 aliphatic carbocycles. The zero-order valence-electron chi connectivity index (χ0n) is 16.9. The first-order chi connectivity index (χ1) is 14.6. The average molecular weight is 404 g/mol. The van der Waals surface area contributed by atoms with Crippen molar-refractivity contribution < 1.29 is 19.1 Å². The van der Waals surface area contributed by atoms with Crippen LogP contribution in [0.25, 0.3) is 6.08 Å². The Kier molecular flexibility index (Phi) is 6.70. The molecule has 30 heavy (non-hydrogen) atoms. The maximum atomic E-state index is 12.8. The highest BCUT2D eigenvalue weighted by atomic mass is 16.5. The molecule has 2 aromatic carbocycles. The Balaban J connectivity index is 2.01. The summed E-state index contributed by atoms with van der Waals surface area (Å²) in [7, 11) is 0. The highest BCUT2D eigenvalue weighted by Gasteiger charge is 2.34. The molecule has 2 aromatic rings. The smallest absolute Gasteiger partial charge is 0.282 e. The van der Waals surface area contributed by atoms with E-state index in [1.54, 1.807) is 48.6 Å². The van der Waals surface area contributed by atoms with Gasteiger partial charge in [-0.2, -0.15) is 0 Å². The molecule has 2 amide bonds. The minimum Gasteiger partial charge on any atom is -0.490 e. The molecule has 6 nitrogen and oxygen atoms in total. The summed E-state index contributed by atoms with van der Waals surface area (Å²) >= 11 is 0. The number of amides is 2. The third kappa shape index (κ3) is 4.43. The Morgan fingerprint density at radius 1 is 1.07 bits per heavy atom. The van der Waals surface area contributed by atoms with E-state index in [-0.39, 0.29) is 5.57 Å². The molecule has 3 rings (SSSR count). The molecular weight excluding hydrogens is 380 g/mol. The molecule has 1 heterocycles. The van der Waals surface area contributed by atoms with Crippen LogP contribution in [-0.2, 0) is 16.0 Å². The SMILES string of the molecule is C=CCOc1c(CC=C)cc(/C=C2/C(=O)NN(c3ccccc3)C2=O)cc1OCC. The largest absolute Gasteiger partial charge is 0.490 e. The van der Waals surface area contributed by atoms with Crippen molar-refractivity contribution in [3.63, 3.8) is 0 Å². The number of nitrogens with zero attached hydrogens (tertiary/aromatic N) is 1. The number of hydrazine groups is 1. The molecule has 1 fully saturated rings. The fourth-order valence-corrected chi connectivity index (χ4v) is 3.13. The normalized spacial score (nSPS) is 14.6. The molecule has 6 heteroatoms. The topological polar surface area (TPSA) is 67.9 Å². The van der Waals surface area contributed by atoms with Gasteiger partial charge in [-0.05, 0) is 49.2 Å². The first-order valence-electron chi connectivity index (χ1n) is 9.65. The summed E-state index contributed by atoms with van der Waals surface area (Å²) in [5, 5.41) is 1.24. The van der Waals surface area contributed by atoms with Gasteiger partial charge in [-0.1, -0.05) is 36.9 Å². The van der Waals surface area contributed by atoms with Gasteiger partial charge in [-0.25, -0.2) is 5.01 Å². The van der Waals surface area contributed by atoms with Gasteiger partial charge in [0.15, 0.2) is 11.5 Å². The molecule has 0 saturated carbocycles. The van der Waals surface area contributed by atoms with E-state index in [0.29, 0.717) is 42.4 Å². The van der Waals surface area contributed by atoms with Crippen molar-refractivity contribution in [2.75, 3.05) is 18.2 Å². The van der Waals surface area contributed by atoms with Gasteiger partial charge < -0.3 is 9.47 Å². The highest BCUT2D eigenvalue weighted by molar-refractivity contribution is 6.31. The third-order valence-corrected chi connectivity index (χ3v) is 4.38. The number of carbonyl (C=O) groups excluding carboxylic acids is 2. The van der Waals surface area contributed by atoms with Crippen LogP contribution in [0, 0.1) is 0 Å². The number of hydrogen-bond acceptors (Lipinski definition) is 4. The minimum atomic E-state index is -0.459. The number of hydrogen-bond donors (Lipinski definition) is 1. The number of nitrogens with one attached hydrogen (secondary N) is 1. The number of allylic oxidation sites excluding steroid dienone is 1. The van der Waals surface area contributed by atoms with Gasteiger partial charge >= 0.3 is 0 Å². The Morgan fingerprint density at radius 3 is 2.50 bits per heavy atom. The molecule has 0 radical (unpaired) electrons. The molecule has 1 aliphatic rings. The predicted molar refractivity (Wildman–Crippen MR) is 117 cm³/mol. The van der Waals surface area contributed by atoms with Gasteiger partial charge in [0.1, 0.15) is 12.2 Å². The second-order valence-corrected chi connectivity index (χ2v) is 6.51. The van der Waals surface area contributed by atoms with E-state index in [1.165, 1.54) is 5.01 Å². The number of benzene rings is 2. The molecule has 0 bridgehead atoms. The second kappa shape index (κ2) is 9.60. The Hall–Kier alpha value is -3.80. The summed E-state index contributed by atoms with van der Waals surface area (Å²) in [6, 6.07) is 12.6. The van der Waals surface area contributed by atoms with E-state index >= 15 is 0 Å². The third-order valence-electron chi connectivity index (χ3n) is 4.38. The van der Waals surface area contributed by atoms with E-state index in [1.807, 2.05) is 19.1 Å². The van der Waals surface area contributed by atoms with Gasteiger partial charge in [-0.15, -0.1) is 6.58 Å². The molecule has 0 unspecified atom stereocenters. The number of para-hydroxylation sites is 1. The maximum Gasteiger partial charge on any atom is 0.282 e. The van der Waals surface area contributed by atoms with E-state index in [2.05, 4.69) is 18.6 Å². The quantitative estimate of drug-likeness (QED) is 0.392. The van der Waals surface area contributed by atoms with Gasteiger partial charge in [-0.3, -0.25) is 15.0 Å².